The van der Waals surface area contributed by atoms with Crippen LogP contribution in [0.15, 0.2) is 30.3 Å². The first kappa shape index (κ1) is 20.5. The third-order valence-corrected chi connectivity index (χ3v) is 4.84. The molecule has 1 aromatic rings. The summed E-state index contributed by atoms with van der Waals surface area (Å²) >= 11 is 0. The fourth-order valence-electron chi connectivity index (χ4n) is 2.74. The lowest BCUT2D eigenvalue weighted by molar-refractivity contribution is -0.146. The van der Waals surface area contributed by atoms with Crippen molar-refractivity contribution in [1.82, 2.24) is 5.32 Å². The van der Waals surface area contributed by atoms with Crippen molar-refractivity contribution in [2.45, 2.75) is 64.6 Å². The van der Waals surface area contributed by atoms with Crippen LogP contribution in [0.4, 0.5) is 0 Å². The molecule has 0 spiro atoms. The number of esters is 1. The topological polar surface area (TPSA) is 73.9 Å². The molecule has 1 amide bonds. The molecule has 0 bridgehead atoms. The van der Waals surface area contributed by atoms with Crippen molar-refractivity contribution in [2.75, 3.05) is 6.61 Å². The van der Waals surface area contributed by atoms with E-state index in [4.69, 9.17) is 14.0 Å². The van der Waals surface area contributed by atoms with E-state index in [0.29, 0.717) is 0 Å². The molecule has 26 heavy (non-hydrogen) atoms. The molecule has 0 saturated carbocycles. The van der Waals surface area contributed by atoms with E-state index in [1.54, 1.807) is 6.92 Å². The van der Waals surface area contributed by atoms with Gasteiger partial charge in [-0.25, -0.2) is 4.79 Å². The molecule has 1 unspecified atom stereocenters. The average Bonchev–Trinajstić information content (AvgIpc) is 2.74. The molecule has 1 heterocycles. The second-order valence-corrected chi connectivity index (χ2v) is 7.46. The lowest BCUT2D eigenvalue weighted by atomic mass is 9.80. The summed E-state index contributed by atoms with van der Waals surface area (Å²) in [6, 6.07) is 8.55. The molecule has 0 radical (unpaired) electrons. The predicted molar refractivity (Wildman–Crippen MR) is 99.6 cm³/mol. The number of nitrogens with one attached hydrogen (secondary N) is 1. The van der Waals surface area contributed by atoms with Gasteiger partial charge in [-0.05, 0) is 40.2 Å². The van der Waals surface area contributed by atoms with Crippen LogP contribution in [-0.2, 0) is 30.1 Å². The highest BCUT2D eigenvalue weighted by atomic mass is 16.7. The zero-order chi connectivity index (χ0) is 19.4. The molecule has 1 fully saturated rings. The molecule has 142 valence electrons. The maximum Gasteiger partial charge on any atom is 0.460 e. The number of carbonyl (C=O) groups excluding carboxylic acids is 2. The number of carbonyl (C=O) groups is 2. The lowest BCUT2D eigenvalue weighted by Crippen LogP contribution is -2.45. The number of hydrogen-bond acceptors (Lipinski definition) is 5. The van der Waals surface area contributed by atoms with Crippen molar-refractivity contribution in [3.8, 4) is 0 Å². The maximum atomic E-state index is 12.4. The first-order chi connectivity index (χ1) is 12.1. The largest absolute Gasteiger partial charge is 0.464 e. The normalized spacial score (nSPS) is 19.0. The molecule has 1 aliphatic heterocycles. The Hall–Kier alpha value is -1.86. The first-order valence-electron chi connectivity index (χ1n) is 9.00. The molecule has 1 atom stereocenters. The minimum absolute atomic E-state index is 0.195. The van der Waals surface area contributed by atoms with E-state index in [-0.39, 0.29) is 25.3 Å². The number of hydrogen-bond donors (Lipinski definition) is 1. The van der Waals surface area contributed by atoms with Gasteiger partial charge >= 0.3 is 13.1 Å². The van der Waals surface area contributed by atoms with Crippen molar-refractivity contribution in [3.63, 3.8) is 0 Å². The van der Waals surface area contributed by atoms with E-state index in [1.807, 2.05) is 58.0 Å². The Morgan fingerprint density at radius 1 is 1.12 bits per heavy atom. The van der Waals surface area contributed by atoms with E-state index in [1.165, 1.54) is 0 Å². The average molecular weight is 361 g/mol. The van der Waals surface area contributed by atoms with E-state index in [2.05, 4.69) is 5.32 Å². The van der Waals surface area contributed by atoms with Gasteiger partial charge in [0.25, 0.3) is 0 Å². The van der Waals surface area contributed by atoms with Crippen LogP contribution in [0.25, 0.3) is 0 Å². The molecule has 1 N–H and O–H groups in total. The van der Waals surface area contributed by atoms with E-state index >= 15 is 0 Å². The first-order valence-corrected chi connectivity index (χ1v) is 9.00. The van der Waals surface area contributed by atoms with Crippen LogP contribution in [0.5, 0.6) is 0 Å². The molecule has 1 aromatic carbocycles. The molecule has 0 aliphatic carbocycles. The Morgan fingerprint density at radius 3 is 2.23 bits per heavy atom. The van der Waals surface area contributed by atoms with Crippen LogP contribution in [-0.4, -0.2) is 42.8 Å². The van der Waals surface area contributed by atoms with Gasteiger partial charge in [-0.1, -0.05) is 30.3 Å². The summed E-state index contributed by atoms with van der Waals surface area (Å²) in [5, 5.41) is 2.76. The molecule has 1 aliphatic rings. The van der Waals surface area contributed by atoms with Crippen molar-refractivity contribution in [1.29, 1.82) is 0 Å². The molecule has 7 heteroatoms. The quantitative estimate of drug-likeness (QED) is 0.596. The highest BCUT2D eigenvalue weighted by Gasteiger charge is 2.52. The highest BCUT2D eigenvalue weighted by Crippen LogP contribution is 2.38. The number of benzene rings is 1. The van der Waals surface area contributed by atoms with Gasteiger partial charge in [0.05, 0.1) is 24.2 Å². The SMILES string of the molecule is CCOC(=O)C(CB1OC(C)(C)C(C)(C)O1)NC(=O)Cc1ccccc1. The minimum Gasteiger partial charge on any atom is -0.464 e. The van der Waals surface area contributed by atoms with Gasteiger partial charge in [-0.3, -0.25) is 4.79 Å². The van der Waals surface area contributed by atoms with Gasteiger partial charge in [0.15, 0.2) is 0 Å². The summed E-state index contributed by atoms with van der Waals surface area (Å²) in [4.78, 5) is 24.7. The summed E-state index contributed by atoms with van der Waals surface area (Å²) in [5.41, 5.74) is -0.112. The molecular weight excluding hydrogens is 333 g/mol. The summed E-state index contributed by atoms with van der Waals surface area (Å²) in [5.74, 6) is -0.727. The minimum atomic E-state index is -0.819. The van der Waals surface area contributed by atoms with Crippen LogP contribution in [0.2, 0.25) is 6.32 Å². The van der Waals surface area contributed by atoms with Gasteiger partial charge in [0.2, 0.25) is 5.91 Å². The van der Waals surface area contributed by atoms with Gasteiger partial charge in [-0.2, -0.15) is 0 Å². The second kappa shape index (κ2) is 8.23. The molecule has 1 saturated heterocycles. The Balaban J connectivity index is 2.02. The van der Waals surface area contributed by atoms with Crippen LogP contribution in [0, 0.1) is 0 Å². The lowest BCUT2D eigenvalue weighted by Gasteiger charge is -2.32. The van der Waals surface area contributed by atoms with Gasteiger partial charge in [0.1, 0.15) is 6.04 Å². The third-order valence-electron chi connectivity index (χ3n) is 4.84. The van der Waals surface area contributed by atoms with Crippen molar-refractivity contribution in [3.05, 3.63) is 35.9 Å². The van der Waals surface area contributed by atoms with Crippen LogP contribution >= 0.6 is 0 Å². The van der Waals surface area contributed by atoms with E-state index < -0.39 is 30.3 Å². The van der Waals surface area contributed by atoms with Gasteiger partial charge < -0.3 is 19.4 Å². The highest BCUT2D eigenvalue weighted by molar-refractivity contribution is 6.46. The standard InChI is InChI=1S/C19H28BNO5/c1-6-24-17(23)15(13-20-25-18(2,3)19(4,5)26-20)21-16(22)12-14-10-8-7-9-11-14/h7-11,15H,6,12-13H2,1-5H3,(H,21,22). The Bertz CT molecular complexity index is 616. The number of amides is 1. The summed E-state index contributed by atoms with van der Waals surface area (Å²) in [6.07, 6.45) is 0.395. The number of rotatable bonds is 7. The maximum absolute atomic E-state index is 12.4. The summed E-state index contributed by atoms with van der Waals surface area (Å²) < 4.78 is 17.0. The number of ether oxygens (including phenoxy) is 1. The Labute approximate surface area is 155 Å². The summed E-state index contributed by atoms with van der Waals surface area (Å²) in [6.45, 7) is 9.75. The van der Waals surface area contributed by atoms with Crippen LogP contribution in [0.3, 0.4) is 0 Å². The molecule has 6 nitrogen and oxygen atoms in total. The second-order valence-electron chi connectivity index (χ2n) is 7.46. The van der Waals surface area contributed by atoms with Gasteiger partial charge in [-0.15, -0.1) is 0 Å². The van der Waals surface area contributed by atoms with Crippen molar-refractivity contribution in [2.24, 2.45) is 0 Å². The zero-order valence-electron chi connectivity index (χ0n) is 16.2. The van der Waals surface area contributed by atoms with E-state index in [0.717, 1.165) is 5.56 Å². The molecule has 2 rings (SSSR count). The van der Waals surface area contributed by atoms with Crippen LogP contribution in [0.1, 0.15) is 40.2 Å². The van der Waals surface area contributed by atoms with Gasteiger partial charge in [0, 0.05) is 6.32 Å². The van der Waals surface area contributed by atoms with Crippen LogP contribution < -0.4 is 5.32 Å². The third kappa shape index (κ3) is 5.08. The molecular formula is C19H28BNO5. The molecule has 0 aromatic heterocycles. The fraction of sp³-hybridized carbons (Fsp3) is 0.579. The Morgan fingerprint density at radius 2 is 1.69 bits per heavy atom. The van der Waals surface area contributed by atoms with Crippen molar-refractivity contribution >= 4 is 19.0 Å². The summed E-state index contributed by atoms with van der Waals surface area (Å²) in [7, 11) is -0.591. The van der Waals surface area contributed by atoms with E-state index in [9.17, 15) is 9.59 Å². The smallest absolute Gasteiger partial charge is 0.460 e. The zero-order valence-corrected chi connectivity index (χ0v) is 16.2. The predicted octanol–water partition coefficient (Wildman–Crippen LogP) is 2.37. The monoisotopic (exact) mass is 361 g/mol. The fourth-order valence-corrected chi connectivity index (χ4v) is 2.74. The Kier molecular flexibility index (Phi) is 6.47. The van der Waals surface area contributed by atoms with Crippen molar-refractivity contribution < 1.29 is 23.6 Å².